The Balaban J connectivity index is 1.44. The highest BCUT2D eigenvalue weighted by Crippen LogP contribution is 2.45. The summed E-state index contributed by atoms with van der Waals surface area (Å²) in [4.78, 5) is 23.6. The predicted molar refractivity (Wildman–Crippen MR) is 106 cm³/mol. The zero-order valence-corrected chi connectivity index (χ0v) is 15.9. The van der Waals surface area contributed by atoms with E-state index >= 15 is 0 Å². The molecule has 1 amide bonds. The lowest BCUT2D eigenvalue weighted by Gasteiger charge is -2.25. The second kappa shape index (κ2) is 6.30. The van der Waals surface area contributed by atoms with Crippen LogP contribution in [0.25, 0.3) is 0 Å². The minimum atomic E-state index is -0.0421. The van der Waals surface area contributed by atoms with Crippen molar-refractivity contribution in [1.82, 2.24) is 9.88 Å². The molecule has 1 spiro atoms. The quantitative estimate of drug-likeness (QED) is 0.688. The number of carbonyl (C=O) groups is 1. The zero-order valence-electron chi connectivity index (χ0n) is 14.3. The molecule has 6 heteroatoms. The van der Waals surface area contributed by atoms with Crippen LogP contribution in [0, 0.1) is 0 Å². The third-order valence-electron chi connectivity index (χ3n) is 5.45. The summed E-state index contributed by atoms with van der Waals surface area (Å²) in [6.45, 7) is 3.73. The van der Waals surface area contributed by atoms with Gasteiger partial charge in [-0.1, -0.05) is 6.07 Å². The van der Waals surface area contributed by atoms with Gasteiger partial charge in [-0.3, -0.25) is 14.7 Å². The minimum Gasteiger partial charge on any atom is -0.305 e. The van der Waals surface area contributed by atoms with Crippen molar-refractivity contribution in [3.8, 4) is 0 Å². The molecule has 0 bridgehead atoms. The molecule has 2 aliphatic heterocycles. The second-order valence-electron chi connectivity index (χ2n) is 7.09. The highest BCUT2D eigenvalue weighted by Gasteiger charge is 2.49. The van der Waals surface area contributed by atoms with Crippen molar-refractivity contribution in [1.29, 1.82) is 0 Å². The van der Waals surface area contributed by atoms with Gasteiger partial charge in [-0.25, -0.2) is 0 Å². The van der Waals surface area contributed by atoms with Gasteiger partial charge in [-0.15, -0.1) is 11.3 Å². The number of likely N-dealkylation sites (tertiary alicyclic amines) is 1. The topological polar surface area (TPSA) is 36.4 Å². The summed E-state index contributed by atoms with van der Waals surface area (Å²) in [5, 5.41) is 6.03. The summed E-state index contributed by atoms with van der Waals surface area (Å²) in [6.07, 6.45) is 2.91. The summed E-state index contributed by atoms with van der Waals surface area (Å²) in [5.74, 6) is 0.0917. The average molecular weight is 382 g/mol. The minimum absolute atomic E-state index is 0.0421. The van der Waals surface area contributed by atoms with Gasteiger partial charge in [-0.05, 0) is 48.0 Å². The van der Waals surface area contributed by atoms with E-state index in [2.05, 4.69) is 22.4 Å². The number of nitrogens with zero attached hydrogens (tertiary/aromatic N) is 3. The molecule has 26 heavy (non-hydrogen) atoms. The van der Waals surface area contributed by atoms with Crippen molar-refractivity contribution < 1.29 is 4.79 Å². The fourth-order valence-electron chi connectivity index (χ4n) is 4.25. The number of anilines is 1. The molecule has 5 heterocycles. The Labute approximate surface area is 160 Å². The molecule has 1 saturated heterocycles. The van der Waals surface area contributed by atoms with E-state index in [1.54, 1.807) is 11.3 Å². The molecule has 3 aromatic heterocycles. The van der Waals surface area contributed by atoms with Crippen LogP contribution in [0.4, 0.5) is 5.69 Å². The van der Waals surface area contributed by atoms with E-state index in [1.807, 2.05) is 51.4 Å². The van der Waals surface area contributed by atoms with Crippen LogP contribution in [-0.4, -0.2) is 35.4 Å². The van der Waals surface area contributed by atoms with Crippen LogP contribution in [0.3, 0.4) is 0 Å². The molecule has 0 aliphatic carbocycles. The van der Waals surface area contributed by atoms with E-state index in [4.69, 9.17) is 4.98 Å². The molecule has 1 atom stereocenters. The number of pyridine rings is 1. The molecule has 5 rings (SSSR count). The van der Waals surface area contributed by atoms with Gasteiger partial charge in [0.05, 0.1) is 16.9 Å². The van der Waals surface area contributed by atoms with Crippen molar-refractivity contribution >= 4 is 34.3 Å². The molecule has 0 unspecified atom stereocenters. The Morgan fingerprint density at radius 2 is 2.15 bits per heavy atom. The largest absolute Gasteiger partial charge is 0.305 e. The Morgan fingerprint density at radius 3 is 2.96 bits per heavy atom. The van der Waals surface area contributed by atoms with Crippen LogP contribution >= 0.6 is 22.7 Å². The van der Waals surface area contributed by atoms with Crippen LogP contribution in [0.15, 0.2) is 52.7 Å². The lowest BCUT2D eigenvalue weighted by Crippen LogP contribution is -2.39. The van der Waals surface area contributed by atoms with Gasteiger partial charge >= 0.3 is 0 Å². The average Bonchev–Trinajstić information content (AvgIpc) is 3.44. The van der Waals surface area contributed by atoms with E-state index in [1.165, 1.54) is 4.88 Å². The Morgan fingerprint density at radius 1 is 1.19 bits per heavy atom. The van der Waals surface area contributed by atoms with Crippen LogP contribution in [0.1, 0.15) is 27.3 Å². The first-order chi connectivity index (χ1) is 12.8. The summed E-state index contributed by atoms with van der Waals surface area (Å²) < 4.78 is 0. The fourth-order valence-corrected chi connectivity index (χ4v) is 5.62. The van der Waals surface area contributed by atoms with Crippen LogP contribution in [0.2, 0.25) is 0 Å². The molecule has 0 saturated carbocycles. The summed E-state index contributed by atoms with van der Waals surface area (Å²) in [7, 11) is 0. The van der Waals surface area contributed by atoms with E-state index in [-0.39, 0.29) is 11.3 Å². The van der Waals surface area contributed by atoms with Crippen LogP contribution < -0.4 is 4.90 Å². The van der Waals surface area contributed by atoms with Crippen LogP contribution in [-0.2, 0) is 12.0 Å². The molecular weight excluding hydrogens is 362 g/mol. The van der Waals surface area contributed by atoms with Crippen molar-refractivity contribution in [3.63, 3.8) is 0 Å². The molecular formula is C20H19N3OS2. The van der Waals surface area contributed by atoms with Gasteiger partial charge in [0.2, 0.25) is 0 Å². The first-order valence-corrected chi connectivity index (χ1v) is 10.6. The maximum atomic E-state index is 13.0. The summed E-state index contributed by atoms with van der Waals surface area (Å²) in [6, 6.07) is 10.2. The second-order valence-corrected chi connectivity index (χ2v) is 8.91. The highest BCUT2D eigenvalue weighted by atomic mass is 32.1. The Kier molecular flexibility index (Phi) is 3.92. The van der Waals surface area contributed by atoms with E-state index in [0.29, 0.717) is 0 Å². The van der Waals surface area contributed by atoms with Crippen molar-refractivity contribution in [2.75, 3.05) is 24.5 Å². The summed E-state index contributed by atoms with van der Waals surface area (Å²) >= 11 is 3.37. The molecule has 3 aromatic rings. The zero-order chi connectivity index (χ0) is 17.6. The van der Waals surface area contributed by atoms with Crippen molar-refractivity contribution in [3.05, 3.63) is 68.8 Å². The normalized spacial score (nSPS) is 22.2. The lowest BCUT2D eigenvalue weighted by atomic mass is 9.85. The van der Waals surface area contributed by atoms with Crippen molar-refractivity contribution in [2.45, 2.75) is 18.4 Å². The third kappa shape index (κ3) is 2.60. The van der Waals surface area contributed by atoms with E-state index in [9.17, 15) is 4.79 Å². The van der Waals surface area contributed by atoms with E-state index < -0.39 is 0 Å². The Hall–Kier alpha value is -2.02. The predicted octanol–water partition coefficient (Wildman–Crippen LogP) is 4.01. The maximum absolute atomic E-state index is 13.0. The molecule has 0 radical (unpaired) electrons. The van der Waals surface area contributed by atoms with Gasteiger partial charge in [0, 0.05) is 41.5 Å². The number of aromatic nitrogens is 1. The summed E-state index contributed by atoms with van der Waals surface area (Å²) in [5.41, 5.74) is 2.81. The number of rotatable bonds is 3. The molecule has 0 aromatic carbocycles. The highest BCUT2D eigenvalue weighted by molar-refractivity contribution is 7.09. The van der Waals surface area contributed by atoms with Gasteiger partial charge in [0.1, 0.15) is 0 Å². The van der Waals surface area contributed by atoms with Gasteiger partial charge in [0.25, 0.3) is 5.91 Å². The maximum Gasteiger partial charge on any atom is 0.259 e. The van der Waals surface area contributed by atoms with Gasteiger partial charge in [0.15, 0.2) is 0 Å². The van der Waals surface area contributed by atoms with Crippen molar-refractivity contribution in [2.24, 2.45) is 0 Å². The third-order valence-corrected chi connectivity index (χ3v) is 6.99. The standard InChI is InChI=1S/C20H19N3OS2/c24-19(15-5-10-25-12-15)23-14-20(18-17(23)4-1-7-21-18)6-8-22(13-20)11-16-3-2-9-26-16/h1-5,7,9-10,12H,6,8,11,13-14H2/t20-/m1/s1. The smallest absolute Gasteiger partial charge is 0.259 e. The number of hydrogen-bond donors (Lipinski definition) is 0. The number of carbonyl (C=O) groups excluding carboxylic acids is 1. The molecule has 4 nitrogen and oxygen atoms in total. The molecule has 132 valence electrons. The first-order valence-electron chi connectivity index (χ1n) is 8.79. The van der Waals surface area contributed by atoms with E-state index in [0.717, 1.165) is 49.5 Å². The van der Waals surface area contributed by atoms with Gasteiger partial charge < -0.3 is 4.90 Å². The molecule has 0 N–H and O–H groups in total. The lowest BCUT2D eigenvalue weighted by molar-refractivity contribution is 0.0985. The van der Waals surface area contributed by atoms with Crippen LogP contribution in [0.5, 0.6) is 0 Å². The number of fused-ring (bicyclic) bond motifs is 2. The fraction of sp³-hybridized carbons (Fsp3) is 0.300. The molecule has 2 aliphatic rings. The monoisotopic (exact) mass is 381 g/mol. The molecule has 1 fully saturated rings. The Bertz CT molecular complexity index is 922. The number of hydrogen-bond acceptors (Lipinski definition) is 5. The SMILES string of the molecule is O=C(c1ccsc1)N1C[C@]2(CCN(Cc3cccs3)C2)c2ncccc21. The number of amides is 1. The number of thiophene rings is 2. The first kappa shape index (κ1) is 16.2. The van der Waals surface area contributed by atoms with Gasteiger partial charge in [-0.2, -0.15) is 11.3 Å².